The van der Waals surface area contributed by atoms with Crippen molar-refractivity contribution in [1.29, 1.82) is 0 Å². The van der Waals surface area contributed by atoms with Crippen LogP contribution < -0.4 is 5.32 Å². The van der Waals surface area contributed by atoms with Gasteiger partial charge in [-0.3, -0.25) is 4.79 Å². The summed E-state index contributed by atoms with van der Waals surface area (Å²) in [6, 6.07) is 2.24. The van der Waals surface area contributed by atoms with Gasteiger partial charge in [0.2, 0.25) is 0 Å². The molecule has 4 heteroatoms. The van der Waals surface area contributed by atoms with E-state index in [2.05, 4.69) is 5.32 Å². The summed E-state index contributed by atoms with van der Waals surface area (Å²) in [6.45, 7) is 1.56. The van der Waals surface area contributed by atoms with Gasteiger partial charge in [0, 0.05) is 7.05 Å². The van der Waals surface area contributed by atoms with Gasteiger partial charge in [-0.15, -0.1) is 0 Å². The van der Waals surface area contributed by atoms with Crippen molar-refractivity contribution in [1.82, 2.24) is 5.32 Å². The summed E-state index contributed by atoms with van der Waals surface area (Å²) in [5, 5.41) is 2.16. The summed E-state index contributed by atoms with van der Waals surface area (Å²) in [4.78, 5) is 11.0. The monoisotopic (exact) mass is 185 g/mol. The third-order valence-electron chi connectivity index (χ3n) is 1.64. The Bertz CT molecular complexity index is 326. The summed E-state index contributed by atoms with van der Waals surface area (Å²) in [7, 11) is 1.32. The molecule has 0 unspecified atom stereocenters. The number of amides is 1. The van der Waals surface area contributed by atoms with Crippen LogP contribution in [0.4, 0.5) is 8.78 Å². The lowest BCUT2D eigenvalue weighted by Gasteiger charge is -2.03. The van der Waals surface area contributed by atoms with Crippen LogP contribution in [0.25, 0.3) is 0 Å². The van der Waals surface area contributed by atoms with E-state index in [0.717, 1.165) is 12.1 Å². The molecule has 0 aromatic heterocycles. The lowest BCUT2D eigenvalue weighted by molar-refractivity contribution is 0.0954. The molecular formula is C9H9F2NO. The van der Waals surface area contributed by atoms with Crippen LogP contribution >= 0.6 is 0 Å². The minimum absolute atomic E-state index is 0.447. The van der Waals surface area contributed by atoms with E-state index < -0.39 is 23.1 Å². The first-order valence-corrected chi connectivity index (χ1v) is 3.74. The summed E-state index contributed by atoms with van der Waals surface area (Å²) in [5.74, 6) is -2.43. The zero-order chi connectivity index (χ0) is 10.0. The van der Waals surface area contributed by atoms with Gasteiger partial charge in [0.1, 0.15) is 17.2 Å². The number of carbonyl (C=O) groups is 1. The van der Waals surface area contributed by atoms with Gasteiger partial charge in [0.15, 0.2) is 0 Å². The van der Waals surface area contributed by atoms with Crippen molar-refractivity contribution in [3.05, 3.63) is 34.9 Å². The SMILES string of the molecule is CNC(=O)c1c(F)cc(C)cc1F. The average Bonchev–Trinajstić information content (AvgIpc) is 2.02. The van der Waals surface area contributed by atoms with E-state index in [1.54, 1.807) is 6.92 Å². The first-order chi connectivity index (χ1) is 6.06. The van der Waals surface area contributed by atoms with Gasteiger partial charge < -0.3 is 5.32 Å². The molecule has 1 aromatic rings. The van der Waals surface area contributed by atoms with E-state index in [1.807, 2.05) is 0 Å². The molecule has 2 nitrogen and oxygen atoms in total. The van der Waals surface area contributed by atoms with Gasteiger partial charge in [-0.2, -0.15) is 0 Å². The smallest absolute Gasteiger partial charge is 0.256 e. The molecule has 0 heterocycles. The van der Waals surface area contributed by atoms with Crippen molar-refractivity contribution in [2.45, 2.75) is 6.92 Å². The second kappa shape index (κ2) is 3.51. The molecule has 0 saturated heterocycles. The van der Waals surface area contributed by atoms with Gasteiger partial charge in [-0.25, -0.2) is 8.78 Å². The number of hydrogen-bond donors (Lipinski definition) is 1. The summed E-state index contributed by atoms with van der Waals surface area (Å²) in [5.41, 5.74) is -0.0873. The number of benzene rings is 1. The zero-order valence-corrected chi connectivity index (χ0v) is 7.32. The van der Waals surface area contributed by atoms with Crippen molar-refractivity contribution < 1.29 is 13.6 Å². The maximum absolute atomic E-state index is 13.0. The van der Waals surface area contributed by atoms with Crippen LogP contribution in [0.3, 0.4) is 0 Å². The Balaban J connectivity index is 3.28. The van der Waals surface area contributed by atoms with Crippen LogP contribution in [0.2, 0.25) is 0 Å². The first kappa shape index (κ1) is 9.64. The third kappa shape index (κ3) is 1.83. The van der Waals surface area contributed by atoms with Crippen LogP contribution in [-0.2, 0) is 0 Å². The molecule has 0 saturated carbocycles. The molecule has 1 N–H and O–H groups in total. The Hall–Kier alpha value is -1.45. The molecule has 1 amide bonds. The van der Waals surface area contributed by atoms with Gasteiger partial charge in [-0.05, 0) is 24.6 Å². The quantitative estimate of drug-likeness (QED) is 0.707. The number of rotatable bonds is 1. The minimum Gasteiger partial charge on any atom is -0.355 e. The van der Waals surface area contributed by atoms with Crippen molar-refractivity contribution >= 4 is 5.91 Å². The molecule has 0 spiro atoms. The highest BCUT2D eigenvalue weighted by molar-refractivity contribution is 5.94. The van der Waals surface area contributed by atoms with Crippen LogP contribution in [0.1, 0.15) is 15.9 Å². The van der Waals surface area contributed by atoms with Crippen LogP contribution in [0.15, 0.2) is 12.1 Å². The molecule has 0 atom stereocenters. The third-order valence-corrected chi connectivity index (χ3v) is 1.64. The minimum atomic E-state index is -0.836. The standard InChI is InChI=1S/C9H9F2NO/c1-5-3-6(10)8(7(11)4-5)9(13)12-2/h3-4H,1-2H3,(H,12,13). The Morgan fingerprint density at radius 3 is 2.15 bits per heavy atom. The lowest BCUT2D eigenvalue weighted by atomic mass is 10.1. The lowest BCUT2D eigenvalue weighted by Crippen LogP contribution is -2.21. The molecule has 0 radical (unpaired) electrons. The molecule has 0 bridgehead atoms. The number of carbonyl (C=O) groups excluding carboxylic acids is 1. The number of halogens is 2. The number of aryl methyl sites for hydroxylation is 1. The Morgan fingerprint density at radius 1 is 1.31 bits per heavy atom. The van der Waals surface area contributed by atoms with Crippen molar-refractivity contribution in [2.24, 2.45) is 0 Å². The Morgan fingerprint density at radius 2 is 1.77 bits per heavy atom. The van der Waals surface area contributed by atoms with Gasteiger partial charge >= 0.3 is 0 Å². The first-order valence-electron chi connectivity index (χ1n) is 3.74. The molecule has 70 valence electrons. The van der Waals surface area contributed by atoms with E-state index in [4.69, 9.17) is 0 Å². The fourth-order valence-corrected chi connectivity index (χ4v) is 1.04. The molecule has 0 aliphatic heterocycles. The molecule has 0 fully saturated rings. The Labute approximate surface area is 74.6 Å². The molecule has 0 aliphatic carbocycles. The van der Waals surface area contributed by atoms with E-state index >= 15 is 0 Å². The molecule has 0 aliphatic rings. The molecular weight excluding hydrogens is 176 g/mol. The van der Waals surface area contributed by atoms with E-state index in [0.29, 0.717) is 5.56 Å². The van der Waals surface area contributed by atoms with Crippen molar-refractivity contribution in [3.63, 3.8) is 0 Å². The number of hydrogen-bond acceptors (Lipinski definition) is 1. The highest BCUT2D eigenvalue weighted by Gasteiger charge is 2.16. The maximum Gasteiger partial charge on any atom is 0.256 e. The molecule has 13 heavy (non-hydrogen) atoms. The topological polar surface area (TPSA) is 29.1 Å². The fourth-order valence-electron chi connectivity index (χ4n) is 1.04. The largest absolute Gasteiger partial charge is 0.355 e. The molecule has 1 aromatic carbocycles. The van der Waals surface area contributed by atoms with E-state index in [-0.39, 0.29) is 0 Å². The van der Waals surface area contributed by atoms with Gasteiger partial charge in [0.05, 0.1) is 0 Å². The summed E-state index contributed by atoms with van der Waals surface area (Å²) < 4.78 is 26.1. The molecule has 1 rings (SSSR count). The second-order valence-electron chi connectivity index (χ2n) is 2.68. The fraction of sp³-hybridized carbons (Fsp3) is 0.222. The van der Waals surface area contributed by atoms with Crippen LogP contribution in [-0.4, -0.2) is 13.0 Å². The highest BCUT2D eigenvalue weighted by Crippen LogP contribution is 2.14. The Kier molecular flexibility index (Phi) is 2.60. The van der Waals surface area contributed by atoms with Gasteiger partial charge in [-0.1, -0.05) is 0 Å². The summed E-state index contributed by atoms with van der Waals surface area (Å²) in [6.07, 6.45) is 0. The predicted octanol–water partition coefficient (Wildman–Crippen LogP) is 1.63. The summed E-state index contributed by atoms with van der Waals surface area (Å²) >= 11 is 0. The predicted molar refractivity (Wildman–Crippen MR) is 44.5 cm³/mol. The zero-order valence-electron chi connectivity index (χ0n) is 7.32. The highest BCUT2D eigenvalue weighted by atomic mass is 19.1. The van der Waals surface area contributed by atoms with Crippen LogP contribution in [0.5, 0.6) is 0 Å². The number of nitrogens with one attached hydrogen (secondary N) is 1. The van der Waals surface area contributed by atoms with Gasteiger partial charge in [0.25, 0.3) is 5.91 Å². The van der Waals surface area contributed by atoms with E-state index in [1.165, 1.54) is 7.05 Å². The normalized spacial score (nSPS) is 9.85. The maximum atomic E-state index is 13.0. The average molecular weight is 185 g/mol. The second-order valence-corrected chi connectivity index (χ2v) is 2.68. The van der Waals surface area contributed by atoms with Crippen molar-refractivity contribution in [3.8, 4) is 0 Å². The van der Waals surface area contributed by atoms with Crippen molar-refractivity contribution in [2.75, 3.05) is 7.05 Å². The van der Waals surface area contributed by atoms with Crippen LogP contribution in [0, 0.1) is 18.6 Å². The van der Waals surface area contributed by atoms with E-state index in [9.17, 15) is 13.6 Å².